The molecule has 1 aromatic heterocycles. The number of carbonyl (C=O) groups is 1. The Morgan fingerprint density at radius 2 is 1.76 bits per heavy atom. The van der Waals surface area contributed by atoms with Crippen molar-refractivity contribution >= 4 is 5.91 Å². The largest absolute Gasteiger partial charge is 0.464 e. The van der Waals surface area contributed by atoms with Crippen LogP contribution in [0.4, 0.5) is 8.78 Å². The molecule has 0 unspecified atom stereocenters. The Labute approximate surface area is 193 Å². The SMILES string of the molecule is COCCN(CC(=O)N(CCc1ccccc1)Cc1ccc(C)o1)Cc1cccc(F)c1F. The molecule has 1 amide bonds. The number of hydrogen-bond donors (Lipinski definition) is 0. The van der Waals surface area contributed by atoms with Gasteiger partial charge in [0.25, 0.3) is 0 Å². The van der Waals surface area contributed by atoms with Gasteiger partial charge in [-0.1, -0.05) is 42.5 Å². The zero-order valence-corrected chi connectivity index (χ0v) is 19.1. The van der Waals surface area contributed by atoms with Crippen LogP contribution < -0.4 is 0 Å². The van der Waals surface area contributed by atoms with E-state index in [0.717, 1.165) is 17.4 Å². The van der Waals surface area contributed by atoms with E-state index >= 15 is 0 Å². The third-order valence-electron chi connectivity index (χ3n) is 5.40. The Balaban J connectivity index is 1.73. The second kappa shape index (κ2) is 12.3. The Morgan fingerprint density at radius 3 is 2.45 bits per heavy atom. The summed E-state index contributed by atoms with van der Waals surface area (Å²) in [5.41, 5.74) is 1.33. The molecule has 0 radical (unpaired) electrons. The fourth-order valence-corrected chi connectivity index (χ4v) is 3.60. The summed E-state index contributed by atoms with van der Waals surface area (Å²) in [4.78, 5) is 16.8. The van der Waals surface area contributed by atoms with Crippen LogP contribution in [0.1, 0.15) is 22.6 Å². The van der Waals surface area contributed by atoms with Gasteiger partial charge < -0.3 is 14.1 Å². The first-order valence-corrected chi connectivity index (χ1v) is 11.0. The van der Waals surface area contributed by atoms with Crippen molar-refractivity contribution in [2.45, 2.75) is 26.4 Å². The van der Waals surface area contributed by atoms with E-state index in [2.05, 4.69) is 0 Å². The molecule has 5 nitrogen and oxygen atoms in total. The van der Waals surface area contributed by atoms with Crippen molar-refractivity contribution < 1.29 is 22.7 Å². The van der Waals surface area contributed by atoms with E-state index in [1.54, 1.807) is 16.9 Å². The van der Waals surface area contributed by atoms with Crippen LogP contribution in [0.3, 0.4) is 0 Å². The number of methoxy groups -OCH3 is 1. The molecule has 176 valence electrons. The van der Waals surface area contributed by atoms with Crippen LogP contribution in [0, 0.1) is 18.6 Å². The van der Waals surface area contributed by atoms with E-state index < -0.39 is 11.6 Å². The van der Waals surface area contributed by atoms with Crippen molar-refractivity contribution in [3.05, 3.63) is 94.9 Å². The summed E-state index contributed by atoms with van der Waals surface area (Å²) in [6.07, 6.45) is 0.697. The number of nitrogens with zero attached hydrogens (tertiary/aromatic N) is 2. The van der Waals surface area contributed by atoms with Crippen molar-refractivity contribution in [2.24, 2.45) is 0 Å². The molecule has 0 aliphatic rings. The molecule has 0 bridgehead atoms. The number of halogens is 2. The molecular formula is C26H30F2N2O3. The van der Waals surface area contributed by atoms with Crippen molar-refractivity contribution in [3.63, 3.8) is 0 Å². The molecule has 3 aromatic rings. The Kier molecular flexibility index (Phi) is 9.15. The van der Waals surface area contributed by atoms with Crippen LogP contribution in [0.5, 0.6) is 0 Å². The van der Waals surface area contributed by atoms with Crippen LogP contribution in [0.2, 0.25) is 0 Å². The number of carbonyl (C=O) groups excluding carboxylic acids is 1. The van der Waals surface area contributed by atoms with Gasteiger partial charge >= 0.3 is 0 Å². The predicted molar refractivity (Wildman–Crippen MR) is 123 cm³/mol. The molecular weight excluding hydrogens is 426 g/mol. The van der Waals surface area contributed by atoms with E-state index in [-0.39, 0.29) is 24.6 Å². The highest BCUT2D eigenvalue weighted by molar-refractivity contribution is 5.78. The Morgan fingerprint density at radius 1 is 0.970 bits per heavy atom. The predicted octanol–water partition coefficient (Wildman–Crippen LogP) is 4.59. The van der Waals surface area contributed by atoms with Gasteiger partial charge in [-0.2, -0.15) is 0 Å². The van der Waals surface area contributed by atoms with E-state index in [0.29, 0.717) is 38.4 Å². The summed E-state index contributed by atoms with van der Waals surface area (Å²) >= 11 is 0. The fraction of sp³-hybridized carbons (Fsp3) is 0.346. The average Bonchev–Trinajstić information content (AvgIpc) is 3.23. The smallest absolute Gasteiger partial charge is 0.237 e. The van der Waals surface area contributed by atoms with Crippen molar-refractivity contribution in [1.82, 2.24) is 9.80 Å². The lowest BCUT2D eigenvalue weighted by molar-refractivity contribution is -0.133. The molecule has 0 atom stereocenters. The third kappa shape index (κ3) is 7.51. The van der Waals surface area contributed by atoms with Gasteiger partial charge in [-0.05, 0) is 37.1 Å². The number of ether oxygens (including phenoxy) is 1. The van der Waals surface area contributed by atoms with E-state index in [1.165, 1.54) is 12.1 Å². The number of benzene rings is 2. The quantitative estimate of drug-likeness (QED) is 0.400. The Hall–Kier alpha value is -3.03. The van der Waals surface area contributed by atoms with Crippen LogP contribution in [0.15, 0.2) is 65.1 Å². The van der Waals surface area contributed by atoms with Gasteiger partial charge in [-0.3, -0.25) is 9.69 Å². The lowest BCUT2D eigenvalue weighted by Crippen LogP contribution is -2.41. The minimum atomic E-state index is -0.900. The van der Waals surface area contributed by atoms with Crippen molar-refractivity contribution in [1.29, 1.82) is 0 Å². The summed E-state index contributed by atoms with van der Waals surface area (Å²) in [7, 11) is 1.56. The maximum atomic E-state index is 14.2. The van der Waals surface area contributed by atoms with Crippen LogP contribution in [-0.4, -0.2) is 49.1 Å². The van der Waals surface area contributed by atoms with E-state index in [9.17, 15) is 13.6 Å². The topological polar surface area (TPSA) is 45.9 Å². The first kappa shape index (κ1) is 24.6. The number of aryl methyl sites for hydroxylation is 1. The first-order valence-electron chi connectivity index (χ1n) is 11.0. The summed E-state index contributed by atoms with van der Waals surface area (Å²) < 4.78 is 38.8. The molecule has 0 aliphatic heterocycles. The monoisotopic (exact) mass is 456 g/mol. The van der Waals surface area contributed by atoms with Crippen LogP contribution >= 0.6 is 0 Å². The van der Waals surface area contributed by atoms with Crippen LogP contribution in [-0.2, 0) is 29.0 Å². The zero-order chi connectivity index (χ0) is 23.6. The number of hydrogen-bond acceptors (Lipinski definition) is 4. The standard InChI is InChI=1S/C26H30F2N2O3/c1-20-11-12-23(33-20)18-30(14-13-21-7-4-3-5-8-21)25(31)19-29(15-16-32-2)17-22-9-6-10-24(27)26(22)28/h3-12H,13-19H2,1-2H3. The second-order valence-corrected chi connectivity index (χ2v) is 7.98. The highest BCUT2D eigenvalue weighted by Crippen LogP contribution is 2.15. The van der Waals surface area contributed by atoms with Gasteiger partial charge in [-0.25, -0.2) is 8.78 Å². The highest BCUT2D eigenvalue weighted by Gasteiger charge is 2.21. The van der Waals surface area contributed by atoms with Gasteiger partial charge in [0, 0.05) is 32.3 Å². The molecule has 0 N–H and O–H groups in total. The lowest BCUT2D eigenvalue weighted by atomic mass is 10.1. The number of rotatable bonds is 12. The molecule has 2 aromatic carbocycles. The van der Waals surface area contributed by atoms with Gasteiger partial charge in [-0.15, -0.1) is 0 Å². The highest BCUT2D eigenvalue weighted by atomic mass is 19.2. The molecule has 0 spiro atoms. The number of amides is 1. The first-order chi connectivity index (χ1) is 16.0. The molecule has 0 saturated heterocycles. The molecule has 0 saturated carbocycles. The summed E-state index contributed by atoms with van der Waals surface area (Å²) in [5, 5.41) is 0. The molecule has 0 fully saturated rings. The normalized spacial score (nSPS) is 11.2. The molecule has 7 heteroatoms. The van der Waals surface area contributed by atoms with Gasteiger partial charge in [0.05, 0.1) is 19.7 Å². The fourth-order valence-electron chi connectivity index (χ4n) is 3.60. The summed E-state index contributed by atoms with van der Waals surface area (Å²) in [5.74, 6) is -0.423. The third-order valence-corrected chi connectivity index (χ3v) is 5.40. The Bertz CT molecular complexity index is 1020. The van der Waals surface area contributed by atoms with E-state index in [1.807, 2.05) is 49.4 Å². The van der Waals surface area contributed by atoms with Gasteiger partial charge in [0.2, 0.25) is 5.91 Å². The maximum Gasteiger partial charge on any atom is 0.237 e. The van der Waals surface area contributed by atoms with Gasteiger partial charge in [0.15, 0.2) is 11.6 Å². The summed E-state index contributed by atoms with van der Waals surface area (Å²) in [6.45, 7) is 3.63. The zero-order valence-electron chi connectivity index (χ0n) is 19.1. The molecule has 0 aliphatic carbocycles. The minimum Gasteiger partial charge on any atom is -0.464 e. The summed E-state index contributed by atoms with van der Waals surface area (Å²) in [6, 6.07) is 17.8. The van der Waals surface area contributed by atoms with Crippen molar-refractivity contribution in [2.75, 3.05) is 33.4 Å². The lowest BCUT2D eigenvalue weighted by Gasteiger charge is -2.27. The molecule has 3 rings (SSSR count). The van der Waals surface area contributed by atoms with Crippen LogP contribution in [0.25, 0.3) is 0 Å². The maximum absolute atomic E-state index is 14.2. The molecule has 1 heterocycles. The second-order valence-electron chi connectivity index (χ2n) is 7.98. The van der Waals surface area contributed by atoms with Gasteiger partial charge in [0.1, 0.15) is 11.5 Å². The van der Waals surface area contributed by atoms with Crippen molar-refractivity contribution in [3.8, 4) is 0 Å². The van der Waals surface area contributed by atoms with E-state index in [4.69, 9.17) is 9.15 Å². The average molecular weight is 457 g/mol. The minimum absolute atomic E-state index is 0.0494. The molecule has 33 heavy (non-hydrogen) atoms. The number of furan rings is 1.